The number of alkyl halides is 6. The Hall–Kier alpha value is -9.62. The highest BCUT2D eigenvalue weighted by molar-refractivity contribution is 6.05. The van der Waals surface area contributed by atoms with Crippen LogP contribution in [-0.2, 0) is 39.5 Å². The largest absolute Gasteiger partial charge is 0.417 e. The molecule has 20 nitrogen and oxygen atoms in total. The van der Waals surface area contributed by atoms with E-state index in [1.54, 1.807) is 50.5 Å². The van der Waals surface area contributed by atoms with Gasteiger partial charge in [-0.05, 0) is 88.4 Å². The zero-order valence-electron chi connectivity index (χ0n) is 37.5. The maximum Gasteiger partial charge on any atom is 0.417 e. The van der Waals surface area contributed by atoms with Crippen LogP contribution in [0.2, 0.25) is 0 Å². The highest BCUT2D eigenvalue weighted by Gasteiger charge is 2.36. The van der Waals surface area contributed by atoms with Gasteiger partial charge in [0.05, 0.1) is 51.8 Å². The van der Waals surface area contributed by atoms with Crippen molar-refractivity contribution in [1.82, 2.24) is 79.5 Å². The Morgan fingerprint density at radius 2 is 1.04 bits per heavy atom. The Balaban J connectivity index is 0.000000178. The third-order valence-corrected chi connectivity index (χ3v) is 10.6. The summed E-state index contributed by atoms with van der Waals surface area (Å²) < 4.78 is 89.3. The second-order valence-corrected chi connectivity index (χ2v) is 15.7. The molecule has 0 aliphatic rings. The van der Waals surface area contributed by atoms with Crippen LogP contribution >= 0.6 is 0 Å². The molecule has 6 heterocycles. The number of amides is 2. The molecule has 0 aliphatic carbocycles. The van der Waals surface area contributed by atoms with Crippen molar-refractivity contribution < 1.29 is 35.9 Å². The third-order valence-electron chi connectivity index (χ3n) is 10.6. The van der Waals surface area contributed by atoms with E-state index in [1.807, 2.05) is 36.4 Å². The third kappa shape index (κ3) is 10.8. The van der Waals surface area contributed by atoms with E-state index >= 15 is 0 Å². The van der Waals surface area contributed by atoms with Gasteiger partial charge in [-0.25, -0.2) is 14.0 Å². The first-order chi connectivity index (χ1) is 34.6. The molecule has 364 valence electrons. The topological polar surface area (TPSA) is 217 Å². The first kappa shape index (κ1) is 47.4. The fourth-order valence-corrected chi connectivity index (χ4v) is 7.33. The summed E-state index contributed by atoms with van der Waals surface area (Å²) in [6.07, 6.45) is -3.43. The van der Waals surface area contributed by atoms with Gasteiger partial charge in [0.25, 0.3) is 11.8 Å². The molecule has 0 radical (unpaired) electrons. The fourth-order valence-electron chi connectivity index (χ4n) is 7.33. The monoisotopic (exact) mass is 986 g/mol. The van der Waals surface area contributed by atoms with E-state index in [0.29, 0.717) is 34.4 Å². The molecular weight excluding hydrogens is 951 g/mol. The summed E-state index contributed by atoms with van der Waals surface area (Å²) in [6.45, 7) is 0.451. The molecule has 0 bridgehead atoms. The smallest absolute Gasteiger partial charge is 0.306 e. The van der Waals surface area contributed by atoms with Gasteiger partial charge < -0.3 is 10.6 Å². The maximum absolute atomic E-state index is 13.7. The molecule has 2 amide bonds. The van der Waals surface area contributed by atoms with E-state index in [-0.39, 0.29) is 46.7 Å². The van der Waals surface area contributed by atoms with E-state index in [4.69, 9.17) is 0 Å². The molecule has 0 spiro atoms. The minimum absolute atomic E-state index is 0.0314. The van der Waals surface area contributed by atoms with Gasteiger partial charge in [-0.15, -0.1) is 15.3 Å². The Morgan fingerprint density at radius 1 is 0.556 bits per heavy atom. The molecule has 4 aromatic carbocycles. The molecule has 26 heteroatoms. The van der Waals surface area contributed by atoms with Crippen molar-refractivity contribution in [2.45, 2.75) is 25.4 Å². The number of carbonyl (C=O) groups excluding carboxylic acids is 2. The van der Waals surface area contributed by atoms with Crippen LogP contribution in [0.3, 0.4) is 0 Å². The number of nitrogens with zero attached hydrogens (tertiary/aromatic N) is 16. The number of para-hydroxylation sites is 2. The molecule has 0 saturated carbocycles. The molecule has 2 N–H and O–H groups in total. The van der Waals surface area contributed by atoms with Crippen LogP contribution in [-0.4, -0.2) is 91.4 Å². The minimum Gasteiger partial charge on any atom is -0.306 e. The lowest BCUT2D eigenvalue weighted by atomic mass is 10.0. The van der Waals surface area contributed by atoms with Crippen LogP contribution in [0.1, 0.15) is 43.2 Å². The van der Waals surface area contributed by atoms with Crippen LogP contribution in [0.4, 0.5) is 38.0 Å². The molecule has 0 unspecified atom stereocenters. The summed E-state index contributed by atoms with van der Waals surface area (Å²) in [5, 5.41) is 45.2. The molecule has 0 aliphatic heterocycles. The molecule has 0 fully saturated rings. The Labute approximate surface area is 402 Å². The number of nitrogens with one attached hydrogen (secondary N) is 2. The first-order valence-electron chi connectivity index (χ1n) is 21.3. The number of aryl methyl sites for hydroxylation is 2. The second-order valence-electron chi connectivity index (χ2n) is 15.7. The number of hydrogen-bond acceptors (Lipinski definition) is 12. The van der Waals surface area contributed by atoms with Crippen LogP contribution < -0.4 is 10.6 Å². The number of anilines is 2. The molecule has 0 saturated heterocycles. The normalized spacial score (nSPS) is 11.6. The number of carbonyl (C=O) groups is 2. The predicted octanol–water partition coefficient (Wildman–Crippen LogP) is 7.16. The summed E-state index contributed by atoms with van der Waals surface area (Å²) in [5.41, 5.74) is 0.591. The summed E-state index contributed by atoms with van der Waals surface area (Å²) in [6, 6.07) is 30.8. The van der Waals surface area contributed by atoms with Crippen LogP contribution in [0.25, 0.3) is 33.9 Å². The Morgan fingerprint density at radius 3 is 1.44 bits per heavy atom. The highest BCUT2D eigenvalue weighted by atomic mass is 19.4. The van der Waals surface area contributed by atoms with Gasteiger partial charge in [-0.1, -0.05) is 36.4 Å². The first-order valence-corrected chi connectivity index (χ1v) is 21.3. The Kier molecular flexibility index (Phi) is 13.0. The van der Waals surface area contributed by atoms with Gasteiger partial charge >= 0.3 is 12.4 Å². The standard InChI is InChI=1S/2C23H18F3N9O/c1-33-10-9-20(30-33)18-11-15(7-8-19(18)23(24,25)26)22(36)28-21-12-16(13-34-14-27-31-32-34)29-35(21)17-5-3-2-4-6-17;1-33-10-9-20(31-33)18-11-15(7-8-19(18)23(24,25)26)22(36)29-21-12-16(13-34-28-14-27-32-34)30-35(21)17-5-3-2-4-6-17/h2-12,14H,13H2,1H3,(H,28,36);2-12,14H,13H2,1H3,(H,29,36). The second kappa shape index (κ2) is 19.8. The van der Waals surface area contributed by atoms with Gasteiger partial charge in [0.2, 0.25) is 0 Å². The summed E-state index contributed by atoms with van der Waals surface area (Å²) in [4.78, 5) is 27.7. The summed E-state index contributed by atoms with van der Waals surface area (Å²) in [7, 11) is 3.20. The summed E-state index contributed by atoms with van der Waals surface area (Å²) in [5.74, 6) is -0.565. The van der Waals surface area contributed by atoms with Crippen LogP contribution in [0.15, 0.2) is 146 Å². The number of aromatic nitrogens is 16. The number of tetrazole rings is 2. The SMILES string of the molecule is Cn1ccc(-c2cc(C(=O)Nc3cc(Cn4cnnn4)nn3-c3ccccc3)ccc2C(F)(F)F)n1.Cn1ccc(-c2cc(C(=O)Nc3cc(Cn4ncnn4)nn3-c3ccccc3)ccc2C(F)(F)F)n1. The molecular formula is C46H36F6N18O2. The van der Waals surface area contributed by atoms with Crippen molar-refractivity contribution in [1.29, 1.82) is 0 Å². The van der Waals surface area contributed by atoms with Gasteiger partial charge in [0.15, 0.2) is 6.33 Å². The minimum atomic E-state index is -4.61. The van der Waals surface area contributed by atoms with Crippen molar-refractivity contribution >= 4 is 23.5 Å². The van der Waals surface area contributed by atoms with Crippen molar-refractivity contribution in [3.63, 3.8) is 0 Å². The van der Waals surface area contributed by atoms with E-state index in [0.717, 1.165) is 24.3 Å². The van der Waals surface area contributed by atoms with Crippen LogP contribution in [0, 0.1) is 0 Å². The maximum atomic E-state index is 13.7. The van der Waals surface area contributed by atoms with E-state index in [1.165, 1.54) is 77.5 Å². The number of hydrogen-bond donors (Lipinski definition) is 2. The summed E-state index contributed by atoms with van der Waals surface area (Å²) >= 11 is 0. The lowest BCUT2D eigenvalue weighted by molar-refractivity contribution is -0.137. The number of halogens is 6. The van der Waals surface area contributed by atoms with Gasteiger partial charge in [0.1, 0.15) is 24.5 Å². The van der Waals surface area contributed by atoms with Crippen molar-refractivity contribution in [3.05, 3.63) is 180 Å². The lowest BCUT2D eigenvalue weighted by Crippen LogP contribution is -2.16. The molecule has 0 atom stereocenters. The zero-order chi connectivity index (χ0) is 50.6. The molecule has 72 heavy (non-hydrogen) atoms. The predicted molar refractivity (Wildman–Crippen MR) is 244 cm³/mol. The molecule has 10 aromatic rings. The Bertz CT molecular complexity index is 3240. The molecule has 10 rings (SSSR count). The van der Waals surface area contributed by atoms with Crippen molar-refractivity contribution in [3.8, 4) is 33.9 Å². The molecule has 6 aromatic heterocycles. The van der Waals surface area contributed by atoms with E-state index in [2.05, 4.69) is 62.0 Å². The van der Waals surface area contributed by atoms with Crippen molar-refractivity contribution in [2.24, 2.45) is 14.1 Å². The van der Waals surface area contributed by atoms with Crippen LogP contribution in [0.5, 0.6) is 0 Å². The lowest BCUT2D eigenvalue weighted by Gasteiger charge is -2.14. The highest BCUT2D eigenvalue weighted by Crippen LogP contribution is 2.39. The average Bonchev–Trinajstić information content (AvgIpc) is 4.24. The zero-order valence-corrected chi connectivity index (χ0v) is 37.5. The van der Waals surface area contributed by atoms with E-state index in [9.17, 15) is 35.9 Å². The van der Waals surface area contributed by atoms with Gasteiger partial charge in [-0.3, -0.25) is 19.0 Å². The fraction of sp³-hybridized carbons (Fsp3) is 0.130. The van der Waals surface area contributed by atoms with Gasteiger partial charge in [0, 0.05) is 60.9 Å². The number of rotatable bonds is 12. The van der Waals surface area contributed by atoms with Gasteiger partial charge in [-0.2, -0.15) is 51.5 Å². The number of benzene rings is 4. The van der Waals surface area contributed by atoms with Crippen molar-refractivity contribution in [2.75, 3.05) is 10.6 Å². The quantitative estimate of drug-likeness (QED) is 0.117. The average molecular weight is 987 g/mol. The van der Waals surface area contributed by atoms with E-state index < -0.39 is 35.3 Å².